The molecule has 0 aliphatic heterocycles. The average Bonchev–Trinajstić information content (AvgIpc) is 3.26. The van der Waals surface area contributed by atoms with Crippen LogP contribution in [0.25, 0.3) is 16.9 Å². The van der Waals surface area contributed by atoms with Crippen LogP contribution in [0.15, 0.2) is 41.5 Å². The van der Waals surface area contributed by atoms with Crippen LogP contribution in [0.2, 0.25) is 0 Å². The van der Waals surface area contributed by atoms with Crippen LogP contribution < -0.4 is 10.3 Å². The number of aryl methyl sites for hydroxylation is 2. The summed E-state index contributed by atoms with van der Waals surface area (Å²) in [5, 5.41) is 8.71. The summed E-state index contributed by atoms with van der Waals surface area (Å²) in [7, 11) is 3.38. The summed E-state index contributed by atoms with van der Waals surface area (Å²) in [5.74, 6) is 0.452. The molecule has 0 atom stereocenters. The van der Waals surface area contributed by atoms with E-state index in [-0.39, 0.29) is 24.2 Å². The standard InChI is InChI=1S/C22H23N5O3/c1-13-12-19(30-4)15(22(29)25-13)7-8-18(28)20-14(2)21(17-9-11-23-26(17)3)27-16(20)6-5-10-24-27/h5-6,9-12H,7-8H2,1-4H3,(H,25,29). The van der Waals surface area contributed by atoms with E-state index >= 15 is 0 Å². The van der Waals surface area contributed by atoms with Gasteiger partial charge in [0.2, 0.25) is 0 Å². The fourth-order valence-corrected chi connectivity index (χ4v) is 3.94. The highest BCUT2D eigenvalue weighted by atomic mass is 16.5. The van der Waals surface area contributed by atoms with Crippen molar-refractivity contribution in [1.82, 2.24) is 24.4 Å². The van der Waals surface area contributed by atoms with Crippen LogP contribution in [-0.4, -0.2) is 37.3 Å². The zero-order valence-electron chi connectivity index (χ0n) is 17.4. The average molecular weight is 405 g/mol. The highest BCUT2D eigenvalue weighted by Gasteiger charge is 2.24. The second-order valence-electron chi connectivity index (χ2n) is 7.26. The van der Waals surface area contributed by atoms with E-state index in [2.05, 4.69) is 15.2 Å². The van der Waals surface area contributed by atoms with E-state index in [9.17, 15) is 9.59 Å². The topological polar surface area (TPSA) is 94.3 Å². The lowest BCUT2D eigenvalue weighted by Gasteiger charge is -2.08. The van der Waals surface area contributed by atoms with Crippen LogP contribution in [0.3, 0.4) is 0 Å². The summed E-state index contributed by atoms with van der Waals surface area (Å²) >= 11 is 0. The Morgan fingerprint density at radius 2 is 2.00 bits per heavy atom. The van der Waals surface area contributed by atoms with Crippen LogP contribution in [0, 0.1) is 13.8 Å². The zero-order valence-corrected chi connectivity index (χ0v) is 17.4. The lowest BCUT2D eigenvalue weighted by atomic mass is 9.99. The van der Waals surface area contributed by atoms with E-state index in [1.807, 2.05) is 32.2 Å². The predicted octanol–water partition coefficient (Wildman–Crippen LogP) is 2.86. The molecule has 8 nitrogen and oxygen atoms in total. The molecular weight excluding hydrogens is 382 g/mol. The number of hydrogen-bond acceptors (Lipinski definition) is 5. The molecule has 0 radical (unpaired) electrons. The number of Topliss-reactive ketones (excluding diaryl/α,β-unsaturated/α-hetero) is 1. The van der Waals surface area contributed by atoms with E-state index in [4.69, 9.17) is 4.74 Å². The van der Waals surface area contributed by atoms with E-state index in [1.165, 1.54) is 7.11 Å². The van der Waals surface area contributed by atoms with Gasteiger partial charge in [-0.25, -0.2) is 4.52 Å². The van der Waals surface area contributed by atoms with Crippen LogP contribution >= 0.6 is 0 Å². The van der Waals surface area contributed by atoms with Crippen molar-refractivity contribution in [2.24, 2.45) is 7.05 Å². The van der Waals surface area contributed by atoms with Crippen molar-refractivity contribution in [2.45, 2.75) is 26.7 Å². The molecule has 0 bridgehead atoms. The highest BCUT2D eigenvalue weighted by molar-refractivity contribution is 6.06. The number of ether oxygens (including phenoxy) is 1. The number of nitrogens with one attached hydrogen (secondary N) is 1. The summed E-state index contributed by atoms with van der Waals surface area (Å²) in [6.07, 6.45) is 3.88. The van der Waals surface area contributed by atoms with Crippen LogP contribution in [-0.2, 0) is 13.5 Å². The Kier molecular flexibility index (Phi) is 4.99. The number of fused-ring (bicyclic) bond motifs is 1. The normalized spacial score (nSPS) is 11.2. The van der Waals surface area contributed by atoms with Gasteiger partial charge in [0.25, 0.3) is 5.56 Å². The summed E-state index contributed by atoms with van der Waals surface area (Å²) in [6, 6.07) is 7.36. The van der Waals surface area contributed by atoms with Crippen LogP contribution in [0.5, 0.6) is 5.75 Å². The summed E-state index contributed by atoms with van der Waals surface area (Å²) < 4.78 is 8.89. The van der Waals surface area contributed by atoms with Gasteiger partial charge >= 0.3 is 0 Å². The molecule has 4 aromatic heterocycles. The van der Waals surface area contributed by atoms with Crippen molar-refractivity contribution in [3.05, 3.63) is 69.4 Å². The van der Waals surface area contributed by atoms with Crippen molar-refractivity contribution in [3.8, 4) is 17.1 Å². The number of carbonyl (C=O) groups is 1. The zero-order chi connectivity index (χ0) is 21.4. The van der Waals surface area contributed by atoms with Gasteiger partial charge in [0, 0.05) is 37.1 Å². The molecule has 8 heteroatoms. The third kappa shape index (κ3) is 3.20. The van der Waals surface area contributed by atoms with Gasteiger partial charge in [0.1, 0.15) is 5.75 Å². The van der Waals surface area contributed by atoms with Crippen molar-refractivity contribution < 1.29 is 9.53 Å². The smallest absolute Gasteiger partial charge is 0.255 e. The minimum atomic E-state index is -0.227. The maximum atomic E-state index is 13.3. The van der Waals surface area contributed by atoms with Gasteiger partial charge in [-0.05, 0) is 50.1 Å². The largest absolute Gasteiger partial charge is 0.496 e. The second-order valence-corrected chi connectivity index (χ2v) is 7.26. The fourth-order valence-electron chi connectivity index (χ4n) is 3.94. The number of aromatic nitrogens is 5. The molecule has 30 heavy (non-hydrogen) atoms. The first kappa shape index (κ1) is 19.6. The molecule has 0 aliphatic rings. The highest BCUT2D eigenvalue weighted by Crippen LogP contribution is 2.31. The van der Waals surface area contributed by atoms with Crippen molar-refractivity contribution >= 4 is 11.3 Å². The first-order valence-corrected chi connectivity index (χ1v) is 9.67. The van der Waals surface area contributed by atoms with Gasteiger partial charge < -0.3 is 9.72 Å². The number of rotatable bonds is 6. The first-order valence-electron chi connectivity index (χ1n) is 9.67. The molecule has 0 spiro atoms. The fraction of sp³-hybridized carbons (Fsp3) is 0.273. The van der Waals surface area contributed by atoms with E-state index in [0.29, 0.717) is 22.6 Å². The number of ketones is 1. The molecule has 4 rings (SSSR count). The molecule has 0 fully saturated rings. The summed E-state index contributed by atoms with van der Waals surface area (Å²) in [4.78, 5) is 28.4. The molecule has 4 heterocycles. The number of aromatic amines is 1. The summed E-state index contributed by atoms with van der Waals surface area (Å²) in [6.45, 7) is 3.71. The van der Waals surface area contributed by atoms with Crippen LogP contribution in [0.1, 0.15) is 33.6 Å². The number of methoxy groups -OCH3 is 1. The molecule has 154 valence electrons. The minimum Gasteiger partial charge on any atom is -0.496 e. The Bertz CT molecular complexity index is 1310. The maximum absolute atomic E-state index is 13.3. The molecule has 1 N–H and O–H groups in total. The lowest BCUT2D eigenvalue weighted by Crippen LogP contribution is -2.16. The maximum Gasteiger partial charge on any atom is 0.255 e. The van der Waals surface area contributed by atoms with Gasteiger partial charge in [0.05, 0.1) is 29.6 Å². The third-order valence-electron chi connectivity index (χ3n) is 5.34. The molecule has 0 aromatic carbocycles. The monoisotopic (exact) mass is 405 g/mol. The van der Waals surface area contributed by atoms with Gasteiger partial charge in [-0.15, -0.1) is 0 Å². The number of carbonyl (C=O) groups excluding carboxylic acids is 1. The Morgan fingerprint density at radius 3 is 2.70 bits per heavy atom. The molecule has 0 aliphatic carbocycles. The van der Waals surface area contributed by atoms with Gasteiger partial charge in [-0.3, -0.25) is 14.3 Å². The Morgan fingerprint density at radius 1 is 1.20 bits per heavy atom. The van der Waals surface area contributed by atoms with Crippen molar-refractivity contribution in [1.29, 1.82) is 0 Å². The third-order valence-corrected chi connectivity index (χ3v) is 5.34. The predicted molar refractivity (Wildman–Crippen MR) is 113 cm³/mol. The molecule has 4 aromatic rings. The summed E-state index contributed by atoms with van der Waals surface area (Å²) in [5.41, 5.74) is 4.86. The van der Waals surface area contributed by atoms with E-state index in [1.54, 1.807) is 34.6 Å². The van der Waals surface area contributed by atoms with E-state index in [0.717, 1.165) is 22.5 Å². The van der Waals surface area contributed by atoms with Gasteiger partial charge in [-0.1, -0.05) is 0 Å². The molecule has 0 amide bonds. The van der Waals surface area contributed by atoms with Crippen molar-refractivity contribution in [3.63, 3.8) is 0 Å². The van der Waals surface area contributed by atoms with Crippen LogP contribution in [0.4, 0.5) is 0 Å². The van der Waals surface area contributed by atoms with Crippen molar-refractivity contribution in [2.75, 3.05) is 7.11 Å². The second kappa shape index (κ2) is 7.62. The lowest BCUT2D eigenvalue weighted by molar-refractivity contribution is 0.0983. The first-order chi connectivity index (χ1) is 14.4. The number of nitrogens with zero attached hydrogens (tertiary/aromatic N) is 4. The quantitative estimate of drug-likeness (QED) is 0.498. The van der Waals surface area contributed by atoms with Gasteiger partial charge in [0.15, 0.2) is 5.78 Å². The minimum absolute atomic E-state index is 0.0477. The van der Waals surface area contributed by atoms with E-state index < -0.39 is 0 Å². The Labute approximate surface area is 173 Å². The molecule has 0 unspecified atom stereocenters. The Balaban J connectivity index is 1.75. The Hall–Kier alpha value is -3.68. The molecule has 0 saturated heterocycles. The molecule has 0 saturated carbocycles. The number of hydrogen-bond donors (Lipinski definition) is 1. The SMILES string of the molecule is COc1cc(C)[nH]c(=O)c1CCC(=O)c1c(C)c(-c2ccnn2C)n2ncccc12. The number of H-pyrrole nitrogens is 1. The number of pyridine rings is 1. The molecular formula is C22H23N5O3. The van der Waals surface area contributed by atoms with Gasteiger partial charge in [-0.2, -0.15) is 10.2 Å².